The molecule has 0 saturated carbocycles. The molecule has 0 aliphatic carbocycles. The molecule has 0 N–H and O–H groups in total. The van der Waals surface area contributed by atoms with Crippen molar-refractivity contribution in [3.8, 4) is 33.4 Å². The molecule has 26 heavy (non-hydrogen) atoms. The van der Waals surface area contributed by atoms with Crippen molar-refractivity contribution in [2.75, 3.05) is 0 Å². The summed E-state index contributed by atoms with van der Waals surface area (Å²) in [6, 6.07) is 30.9. The van der Waals surface area contributed by atoms with E-state index in [0.717, 1.165) is 11.1 Å². The van der Waals surface area contributed by atoms with Crippen LogP contribution in [0.1, 0.15) is 0 Å². The summed E-state index contributed by atoms with van der Waals surface area (Å²) in [5.74, 6) is 0. The Labute approximate surface area is 162 Å². The van der Waals surface area contributed by atoms with Crippen LogP contribution in [-0.4, -0.2) is 4.98 Å². The number of aromatic nitrogens is 1. The van der Waals surface area contributed by atoms with Crippen LogP contribution < -0.4 is 0 Å². The lowest BCUT2D eigenvalue weighted by molar-refractivity contribution is 1.33. The number of benzene rings is 3. The zero-order valence-electron chi connectivity index (χ0n) is 13.9. The zero-order chi connectivity index (χ0) is 17.9. The molecule has 0 unspecified atom stereocenters. The van der Waals surface area contributed by atoms with Crippen molar-refractivity contribution < 1.29 is 0 Å². The fourth-order valence-electron chi connectivity index (χ4n) is 3.08. The summed E-state index contributed by atoms with van der Waals surface area (Å²) in [6.07, 6.45) is 0. The fraction of sp³-hybridized carbons (Fsp3) is 0. The van der Waals surface area contributed by atoms with Gasteiger partial charge in [-0.15, -0.1) is 0 Å². The van der Waals surface area contributed by atoms with E-state index < -0.39 is 0 Å². The van der Waals surface area contributed by atoms with Crippen LogP contribution in [0.2, 0.25) is 10.3 Å². The van der Waals surface area contributed by atoms with Gasteiger partial charge in [0.2, 0.25) is 0 Å². The second-order valence-electron chi connectivity index (χ2n) is 5.99. The Morgan fingerprint density at radius 2 is 0.923 bits per heavy atom. The first kappa shape index (κ1) is 16.8. The molecule has 0 radical (unpaired) electrons. The SMILES string of the molecule is Clc1cc(-c2ccc(-c3ccccc3-c3ccccc3)cc2)cc(Cl)n1. The van der Waals surface area contributed by atoms with Crippen LogP contribution in [0.5, 0.6) is 0 Å². The van der Waals surface area contributed by atoms with Gasteiger partial charge < -0.3 is 0 Å². The van der Waals surface area contributed by atoms with Gasteiger partial charge in [-0.05, 0) is 45.5 Å². The number of hydrogen-bond acceptors (Lipinski definition) is 1. The third kappa shape index (κ3) is 3.50. The molecule has 3 aromatic carbocycles. The van der Waals surface area contributed by atoms with Crippen LogP contribution in [0.3, 0.4) is 0 Å². The molecular formula is C23H15Cl2N. The van der Waals surface area contributed by atoms with Crippen molar-refractivity contribution in [3.63, 3.8) is 0 Å². The topological polar surface area (TPSA) is 12.9 Å². The number of hydrogen-bond donors (Lipinski definition) is 0. The molecule has 1 nitrogen and oxygen atoms in total. The summed E-state index contributed by atoms with van der Waals surface area (Å²) in [4.78, 5) is 4.00. The number of rotatable bonds is 3. The molecule has 126 valence electrons. The third-order valence-electron chi connectivity index (χ3n) is 4.30. The van der Waals surface area contributed by atoms with Crippen molar-refractivity contribution in [2.24, 2.45) is 0 Å². The zero-order valence-corrected chi connectivity index (χ0v) is 15.4. The molecule has 0 aliphatic heterocycles. The second kappa shape index (κ2) is 7.33. The van der Waals surface area contributed by atoms with Crippen LogP contribution in [0.4, 0.5) is 0 Å². The molecule has 1 heterocycles. The van der Waals surface area contributed by atoms with E-state index in [-0.39, 0.29) is 0 Å². The minimum Gasteiger partial charge on any atom is -0.224 e. The highest BCUT2D eigenvalue weighted by atomic mass is 35.5. The summed E-state index contributed by atoms with van der Waals surface area (Å²) in [6.45, 7) is 0. The van der Waals surface area contributed by atoms with E-state index in [1.807, 2.05) is 18.2 Å². The first-order valence-electron chi connectivity index (χ1n) is 8.29. The van der Waals surface area contributed by atoms with Crippen molar-refractivity contribution in [1.29, 1.82) is 0 Å². The summed E-state index contributed by atoms with van der Waals surface area (Å²) < 4.78 is 0. The lowest BCUT2D eigenvalue weighted by atomic mass is 9.93. The van der Waals surface area contributed by atoms with E-state index in [1.54, 1.807) is 0 Å². The van der Waals surface area contributed by atoms with Gasteiger partial charge >= 0.3 is 0 Å². The number of nitrogens with zero attached hydrogens (tertiary/aromatic N) is 1. The van der Waals surface area contributed by atoms with E-state index in [9.17, 15) is 0 Å². The Morgan fingerprint density at radius 1 is 0.462 bits per heavy atom. The molecule has 0 amide bonds. The third-order valence-corrected chi connectivity index (χ3v) is 4.69. The minimum atomic E-state index is 0.394. The van der Waals surface area contributed by atoms with Crippen molar-refractivity contribution >= 4 is 23.2 Å². The summed E-state index contributed by atoms with van der Waals surface area (Å²) >= 11 is 12.0. The Morgan fingerprint density at radius 3 is 1.50 bits per heavy atom. The first-order valence-corrected chi connectivity index (χ1v) is 9.05. The van der Waals surface area contributed by atoms with Gasteiger partial charge in [-0.2, -0.15) is 0 Å². The standard InChI is InChI=1S/C23H15Cl2N/c24-22-14-19(15-23(25)26-22)16-10-12-18(13-11-16)21-9-5-4-8-20(21)17-6-2-1-3-7-17/h1-15H. The average molecular weight is 376 g/mol. The Hall–Kier alpha value is -2.61. The summed E-state index contributed by atoms with van der Waals surface area (Å²) in [7, 11) is 0. The summed E-state index contributed by atoms with van der Waals surface area (Å²) in [5, 5.41) is 0.789. The van der Waals surface area contributed by atoms with Crippen molar-refractivity contribution in [3.05, 3.63) is 101 Å². The number of pyridine rings is 1. The average Bonchev–Trinajstić information content (AvgIpc) is 2.68. The monoisotopic (exact) mass is 375 g/mol. The number of halogens is 2. The molecule has 0 fully saturated rings. The molecule has 4 aromatic rings. The normalized spacial score (nSPS) is 10.7. The minimum absolute atomic E-state index is 0.394. The first-order chi connectivity index (χ1) is 12.7. The highest BCUT2D eigenvalue weighted by Crippen LogP contribution is 2.33. The van der Waals surface area contributed by atoms with Crippen LogP contribution >= 0.6 is 23.2 Å². The smallest absolute Gasteiger partial charge is 0.131 e. The maximum atomic E-state index is 6.02. The molecule has 0 bridgehead atoms. The molecule has 0 spiro atoms. The fourth-order valence-corrected chi connectivity index (χ4v) is 3.54. The van der Waals surface area contributed by atoms with Crippen LogP contribution in [-0.2, 0) is 0 Å². The Bertz CT molecular complexity index is 1020. The highest BCUT2D eigenvalue weighted by molar-refractivity contribution is 6.32. The van der Waals surface area contributed by atoms with E-state index in [4.69, 9.17) is 23.2 Å². The predicted octanol–water partition coefficient (Wildman–Crippen LogP) is 7.39. The maximum absolute atomic E-state index is 6.02. The van der Waals surface area contributed by atoms with Crippen LogP contribution in [0.15, 0.2) is 91.0 Å². The van der Waals surface area contributed by atoms with E-state index in [2.05, 4.69) is 77.8 Å². The molecule has 3 heteroatoms. The van der Waals surface area contributed by atoms with Gasteiger partial charge in [-0.3, -0.25) is 0 Å². The maximum Gasteiger partial charge on any atom is 0.131 e. The summed E-state index contributed by atoms with van der Waals surface area (Å²) in [5.41, 5.74) is 6.81. The molecule has 0 aliphatic rings. The van der Waals surface area contributed by atoms with Crippen molar-refractivity contribution in [2.45, 2.75) is 0 Å². The predicted molar refractivity (Wildman–Crippen MR) is 111 cm³/mol. The largest absolute Gasteiger partial charge is 0.224 e. The molecule has 0 saturated heterocycles. The van der Waals surface area contributed by atoms with Gasteiger partial charge in [0.15, 0.2) is 0 Å². The van der Waals surface area contributed by atoms with Gasteiger partial charge in [-0.1, -0.05) is 102 Å². The lowest BCUT2D eigenvalue weighted by Gasteiger charge is -2.11. The Balaban J connectivity index is 1.75. The van der Waals surface area contributed by atoms with E-state index >= 15 is 0 Å². The van der Waals surface area contributed by atoms with Gasteiger partial charge in [0.05, 0.1) is 0 Å². The van der Waals surface area contributed by atoms with Crippen LogP contribution in [0.25, 0.3) is 33.4 Å². The highest BCUT2D eigenvalue weighted by Gasteiger charge is 2.08. The van der Waals surface area contributed by atoms with Gasteiger partial charge in [-0.25, -0.2) is 4.98 Å². The van der Waals surface area contributed by atoms with Crippen molar-refractivity contribution in [1.82, 2.24) is 4.98 Å². The molecule has 4 rings (SSSR count). The van der Waals surface area contributed by atoms with Gasteiger partial charge in [0.25, 0.3) is 0 Å². The van der Waals surface area contributed by atoms with E-state index in [1.165, 1.54) is 22.3 Å². The van der Waals surface area contributed by atoms with Crippen LogP contribution in [0, 0.1) is 0 Å². The molecule has 0 atom stereocenters. The second-order valence-corrected chi connectivity index (χ2v) is 6.76. The Kier molecular flexibility index (Phi) is 4.75. The molecular weight excluding hydrogens is 361 g/mol. The van der Waals surface area contributed by atoms with E-state index in [0.29, 0.717) is 10.3 Å². The lowest BCUT2D eigenvalue weighted by Crippen LogP contribution is -1.86. The van der Waals surface area contributed by atoms with Gasteiger partial charge in [0.1, 0.15) is 10.3 Å². The molecule has 1 aromatic heterocycles. The quantitative estimate of drug-likeness (QED) is 0.340. The van der Waals surface area contributed by atoms with Gasteiger partial charge in [0, 0.05) is 0 Å².